The second-order valence-corrected chi connectivity index (χ2v) is 11.6. The van der Waals surface area contributed by atoms with Gasteiger partial charge in [0, 0.05) is 18.7 Å². The molecule has 2 aliphatic heterocycles. The van der Waals surface area contributed by atoms with Crippen molar-refractivity contribution in [1.82, 2.24) is 9.21 Å². The molecule has 172 valence electrons. The molecule has 1 aromatic carbocycles. The standard InChI is InChI=1S/C19H26N2O8S2/c1-4-5-7-20(13-6-8-30(24,25)12-13)18(22)11-21-19(23)14-9-15(28-2)16(29-3)10-17(14)31(21,26)27/h9-10,13H,4-8,11-12H2,1-3H3. The van der Waals surface area contributed by atoms with Crippen LogP contribution in [0.2, 0.25) is 0 Å². The van der Waals surface area contributed by atoms with Crippen molar-refractivity contribution in [2.75, 3.05) is 38.8 Å². The number of carbonyl (C=O) groups excluding carboxylic acids is 2. The molecule has 0 radical (unpaired) electrons. The van der Waals surface area contributed by atoms with E-state index in [1.54, 1.807) is 0 Å². The van der Waals surface area contributed by atoms with Crippen molar-refractivity contribution < 1.29 is 35.9 Å². The highest BCUT2D eigenvalue weighted by Gasteiger charge is 2.45. The van der Waals surface area contributed by atoms with E-state index in [4.69, 9.17) is 9.47 Å². The Hall–Kier alpha value is -2.34. The summed E-state index contributed by atoms with van der Waals surface area (Å²) in [5, 5.41) is 0. The lowest BCUT2D eigenvalue weighted by atomic mass is 10.1. The first-order valence-corrected chi connectivity index (χ1v) is 13.1. The van der Waals surface area contributed by atoms with E-state index in [-0.39, 0.29) is 33.5 Å². The van der Waals surface area contributed by atoms with Crippen molar-refractivity contribution in [3.63, 3.8) is 0 Å². The van der Waals surface area contributed by atoms with Gasteiger partial charge in [-0.15, -0.1) is 0 Å². The quantitative estimate of drug-likeness (QED) is 0.538. The highest BCUT2D eigenvalue weighted by atomic mass is 32.2. The van der Waals surface area contributed by atoms with Crippen molar-refractivity contribution in [1.29, 1.82) is 0 Å². The summed E-state index contributed by atoms with van der Waals surface area (Å²) in [6, 6.07) is 1.95. The van der Waals surface area contributed by atoms with Gasteiger partial charge in [-0.2, -0.15) is 0 Å². The van der Waals surface area contributed by atoms with E-state index in [1.165, 1.54) is 31.3 Å². The first-order valence-electron chi connectivity index (χ1n) is 9.88. The smallest absolute Gasteiger partial charge is 0.269 e. The zero-order valence-electron chi connectivity index (χ0n) is 17.7. The predicted molar refractivity (Wildman–Crippen MR) is 111 cm³/mol. The molecule has 0 saturated carbocycles. The number of benzene rings is 1. The lowest BCUT2D eigenvalue weighted by molar-refractivity contribution is -0.133. The maximum absolute atomic E-state index is 13.1. The minimum atomic E-state index is -4.27. The van der Waals surface area contributed by atoms with Crippen LogP contribution in [0.5, 0.6) is 11.5 Å². The molecule has 12 heteroatoms. The number of hydrogen-bond acceptors (Lipinski definition) is 8. The fourth-order valence-electron chi connectivity index (χ4n) is 3.83. The van der Waals surface area contributed by atoms with Crippen LogP contribution in [0.15, 0.2) is 17.0 Å². The number of amides is 2. The van der Waals surface area contributed by atoms with E-state index in [1.807, 2.05) is 6.92 Å². The summed E-state index contributed by atoms with van der Waals surface area (Å²) in [5.41, 5.74) is -0.103. The molecule has 1 atom stereocenters. The van der Waals surface area contributed by atoms with Gasteiger partial charge < -0.3 is 14.4 Å². The lowest BCUT2D eigenvalue weighted by Crippen LogP contribution is -2.47. The van der Waals surface area contributed by atoms with Crippen LogP contribution in [0, 0.1) is 0 Å². The Bertz CT molecular complexity index is 1100. The molecule has 0 bridgehead atoms. The van der Waals surface area contributed by atoms with Gasteiger partial charge in [-0.25, -0.2) is 21.1 Å². The summed E-state index contributed by atoms with van der Waals surface area (Å²) in [7, 11) is -4.80. The number of fused-ring (bicyclic) bond motifs is 1. The van der Waals surface area contributed by atoms with Gasteiger partial charge in [0.25, 0.3) is 15.9 Å². The Labute approximate surface area is 182 Å². The van der Waals surface area contributed by atoms with Crippen molar-refractivity contribution in [2.45, 2.75) is 37.1 Å². The molecule has 0 aromatic heterocycles. The normalized spacial score (nSPS) is 21.1. The van der Waals surface area contributed by atoms with Crippen molar-refractivity contribution in [2.24, 2.45) is 0 Å². The van der Waals surface area contributed by atoms with Crippen LogP contribution in [-0.2, 0) is 24.7 Å². The zero-order chi connectivity index (χ0) is 23.0. The number of methoxy groups -OCH3 is 2. The third kappa shape index (κ3) is 4.36. The van der Waals surface area contributed by atoms with Crippen molar-refractivity contribution >= 4 is 31.7 Å². The van der Waals surface area contributed by atoms with Crippen LogP contribution in [0.4, 0.5) is 0 Å². The molecule has 0 spiro atoms. The highest BCUT2D eigenvalue weighted by Crippen LogP contribution is 2.38. The maximum Gasteiger partial charge on any atom is 0.269 e. The summed E-state index contributed by atoms with van der Waals surface area (Å²) in [6.45, 7) is 1.53. The van der Waals surface area contributed by atoms with Crippen LogP contribution < -0.4 is 9.47 Å². The number of carbonyl (C=O) groups is 2. The number of ether oxygens (including phenoxy) is 2. The molecule has 10 nitrogen and oxygen atoms in total. The van der Waals surface area contributed by atoms with Crippen LogP contribution in [0.3, 0.4) is 0 Å². The summed E-state index contributed by atoms with van der Waals surface area (Å²) in [5.74, 6) is -1.26. The van der Waals surface area contributed by atoms with Crippen molar-refractivity contribution in [3.05, 3.63) is 17.7 Å². The van der Waals surface area contributed by atoms with Gasteiger partial charge in [-0.05, 0) is 18.9 Å². The molecule has 31 heavy (non-hydrogen) atoms. The first kappa shape index (κ1) is 23.3. The van der Waals surface area contributed by atoms with Crippen LogP contribution in [0.25, 0.3) is 0 Å². The average Bonchev–Trinajstić information content (AvgIpc) is 3.17. The first-order chi connectivity index (χ1) is 14.6. The Kier molecular flexibility index (Phi) is 6.51. The number of sulfone groups is 1. The Balaban J connectivity index is 1.89. The Morgan fingerprint density at radius 2 is 1.81 bits per heavy atom. The number of hydrogen-bond donors (Lipinski definition) is 0. The molecule has 1 fully saturated rings. The topological polar surface area (TPSA) is 127 Å². The molecule has 0 N–H and O–H groups in total. The summed E-state index contributed by atoms with van der Waals surface area (Å²) in [6.07, 6.45) is 1.71. The molecule has 2 heterocycles. The molecule has 2 aliphatic rings. The van der Waals surface area contributed by atoms with Gasteiger partial charge in [-0.1, -0.05) is 13.3 Å². The summed E-state index contributed by atoms with van der Waals surface area (Å²) in [4.78, 5) is 27.1. The van der Waals surface area contributed by atoms with Crippen molar-refractivity contribution in [3.8, 4) is 11.5 Å². The van der Waals surface area contributed by atoms with Crippen LogP contribution in [0.1, 0.15) is 36.5 Å². The minimum Gasteiger partial charge on any atom is -0.493 e. The van der Waals surface area contributed by atoms with Gasteiger partial charge in [-0.3, -0.25) is 9.59 Å². The monoisotopic (exact) mass is 474 g/mol. The van der Waals surface area contributed by atoms with Gasteiger partial charge >= 0.3 is 0 Å². The van der Waals surface area contributed by atoms with Gasteiger partial charge in [0.15, 0.2) is 21.3 Å². The number of sulfonamides is 1. The molecular formula is C19H26N2O8S2. The molecule has 1 unspecified atom stereocenters. The van der Waals surface area contributed by atoms with E-state index in [0.29, 0.717) is 23.7 Å². The van der Waals surface area contributed by atoms with E-state index >= 15 is 0 Å². The van der Waals surface area contributed by atoms with Gasteiger partial charge in [0.1, 0.15) is 11.4 Å². The molecule has 1 aromatic rings. The second-order valence-electron chi connectivity index (χ2n) is 7.52. The fraction of sp³-hybridized carbons (Fsp3) is 0.579. The maximum atomic E-state index is 13.1. The van der Waals surface area contributed by atoms with Gasteiger partial charge in [0.05, 0.1) is 31.3 Å². The molecule has 1 saturated heterocycles. The highest BCUT2D eigenvalue weighted by molar-refractivity contribution is 7.91. The number of nitrogens with zero attached hydrogens (tertiary/aromatic N) is 2. The molecule has 2 amide bonds. The van der Waals surface area contributed by atoms with Crippen LogP contribution in [-0.4, -0.2) is 82.7 Å². The zero-order valence-corrected chi connectivity index (χ0v) is 19.3. The number of rotatable bonds is 8. The van der Waals surface area contributed by atoms with Crippen LogP contribution >= 0.6 is 0 Å². The second kappa shape index (κ2) is 8.65. The fourth-order valence-corrected chi connectivity index (χ4v) is 7.08. The van der Waals surface area contributed by atoms with E-state index < -0.39 is 44.3 Å². The Morgan fingerprint density at radius 3 is 2.35 bits per heavy atom. The number of unbranched alkanes of at least 4 members (excludes halogenated alkanes) is 1. The third-order valence-corrected chi connectivity index (χ3v) is 9.03. The van der Waals surface area contributed by atoms with E-state index in [0.717, 1.165) is 6.42 Å². The molecule has 0 aliphatic carbocycles. The summed E-state index contributed by atoms with van der Waals surface area (Å²) >= 11 is 0. The predicted octanol–water partition coefficient (Wildman–Crippen LogP) is 0.664. The van der Waals surface area contributed by atoms with E-state index in [2.05, 4.69) is 0 Å². The van der Waals surface area contributed by atoms with Gasteiger partial charge in [0.2, 0.25) is 5.91 Å². The third-order valence-electron chi connectivity index (χ3n) is 5.51. The SMILES string of the molecule is CCCCN(C(=O)CN1C(=O)c2cc(OC)c(OC)cc2S1(=O)=O)C1CCS(=O)(=O)C1. The average molecular weight is 475 g/mol. The Morgan fingerprint density at radius 1 is 1.16 bits per heavy atom. The lowest BCUT2D eigenvalue weighted by Gasteiger charge is -2.29. The largest absolute Gasteiger partial charge is 0.493 e. The minimum absolute atomic E-state index is 0.0143. The van der Waals surface area contributed by atoms with E-state index in [9.17, 15) is 26.4 Å². The molecular weight excluding hydrogens is 448 g/mol. The molecule has 3 rings (SSSR count). The summed E-state index contributed by atoms with van der Waals surface area (Å²) < 4.78 is 60.6.